The Kier molecular flexibility index (Phi) is 6.82. The lowest BCUT2D eigenvalue weighted by molar-refractivity contribution is -0.123. The van der Waals surface area contributed by atoms with E-state index < -0.39 is 5.63 Å². The Morgan fingerprint density at radius 2 is 1.78 bits per heavy atom. The molecule has 1 saturated carbocycles. The first kappa shape index (κ1) is 25.1. The van der Waals surface area contributed by atoms with Gasteiger partial charge in [-0.1, -0.05) is 23.7 Å². The predicted octanol–water partition coefficient (Wildman–Crippen LogP) is 5.23. The summed E-state index contributed by atoms with van der Waals surface area (Å²) in [5.41, 5.74) is 4.37. The molecule has 7 nitrogen and oxygen atoms in total. The van der Waals surface area contributed by atoms with Gasteiger partial charge in [-0.2, -0.15) is 0 Å². The Balaban J connectivity index is 1.36. The second-order valence-electron chi connectivity index (χ2n) is 9.96. The molecule has 0 spiro atoms. The molecule has 0 radical (unpaired) electrons. The zero-order valence-electron chi connectivity index (χ0n) is 21.1. The van der Waals surface area contributed by atoms with Crippen LogP contribution in [0, 0.1) is 20.8 Å². The van der Waals surface area contributed by atoms with Crippen LogP contribution in [0.5, 0.6) is 0 Å². The number of fused-ring (bicyclic) bond motifs is 3. The van der Waals surface area contributed by atoms with E-state index in [1.807, 2.05) is 39.0 Å². The third-order valence-electron chi connectivity index (χ3n) is 7.07. The summed E-state index contributed by atoms with van der Waals surface area (Å²) < 4.78 is 11.4. The molecule has 2 heterocycles. The standard InChI is InChI=1S/C29H29ClN2O5/c1-15-10-23-27(28-26(15)16(2)14-36-28)17(3)22(29(35)37-23)12-24(33)31-13-19(11-25(34)32-21-8-9-21)18-4-6-20(30)7-5-18/h4-7,10,14,19,21H,8-9,11-13H2,1-3H3,(H,31,33)(H,32,34)/t19-/m1/s1. The normalized spacial score (nSPS) is 14.2. The van der Waals surface area contributed by atoms with Crippen LogP contribution >= 0.6 is 11.6 Å². The van der Waals surface area contributed by atoms with E-state index in [4.69, 9.17) is 20.4 Å². The largest absolute Gasteiger partial charge is 0.463 e. The number of hydrogen-bond donors (Lipinski definition) is 2. The van der Waals surface area contributed by atoms with Gasteiger partial charge in [0.15, 0.2) is 0 Å². The molecule has 0 saturated heterocycles. The van der Waals surface area contributed by atoms with Crippen LogP contribution in [0.25, 0.3) is 21.9 Å². The minimum absolute atomic E-state index is 0.0456. The van der Waals surface area contributed by atoms with Gasteiger partial charge in [0, 0.05) is 35.3 Å². The predicted molar refractivity (Wildman–Crippen MR) is 143 cm³/mol. The molecule has 1 aliphatic rings. The molecular formula is C29H29ClN2O5. The molecular weight excluding hydrogens is 492 g/mol. The first-order valence-corrected chi connectivity index (χ1v) is 12.8. The van der Waals surface area contributed by atoms with E-state index in [-0.39, 0.29) is 43.2 Å². The molecule has 0 bridgehead atoms. The molecule has 1 fully saturated rings. The Bertz CT molecular complexity index is 1560. The summed E-state index contributed by atoms with van der Waals surface area (Å²) >= 11 is 6.04. The zero-order valence-corrected chi connectivity index (χ0v) is 21.8. The van der Waals surface area contributed by atoms with Crippen molar-refractivity contribution in [2.45, 2.75) is 58.4 Å². The quantitative estimate of drug-likeness (QED) is 0.310. The minimum Gasteiger partial charge on any atom is -0.463 e. The maximum absolute atomic E-state index is 13.0. The Morgan fingerprint density at radius 1 is 1.05 bits per heavy atom. The molecule has 2 aromatic carbocycles. The Labute approximate surface area is 219 Å². The van der Waals surface area contributed by atoms with Crippen molar-refractivity contribution in [3.8, 4) is 0 Å². The molecule has 8 heteroatoms. The maximum Gasteiger partial charge on any atom is 0.340 e. The lowest BCUT2D eigenvalue weighted by atomic mass is 9.95. The van der Waals surface area contributed by atoms with Crippen LogP contribution in [0.4, 0.5) is 0 Å². The second-order valence-corrected chi connectivity index (χ2v) is 10.4. The molecule has 1 atom stereocenters. The van der Waals surface area contributed by atoms with Gasteiger partial charge in [-0.3, -0.25) is 9.59 Å². The number of carbonyl (C=O) groups is 2. The highest BCUT2D eigenvalue weighted by molar-refractivity contribution is 6.30. The van der Waals surface area contributed by atoms with Gasteiger partial charge in [-0.05, 0) is 74.1 Å². The van der Waals surface area contributed by atoms with Crippen LogP contribution in [-0.2, 0) is 16.0 Å². The van der Waals surface area contributed by atoms with E-state index in [0.717, 1.165) is 34.9 Å². The van der Waals surface area contributed by atoms with Gasteiger partial charge < -0.3 is 19.5 Å². The molecule has 5 rings (SSSR count). The van der Waals surface area contributed by atoms with Gasteiger partial charge in [0.25, 0.3) is 0 Å². The van der Waals surface area contributed by atoms with Crippen LogP contribution in [-0.4, -0.2) is 24.4 Å². The molecule has 192 valence electrons. The highest BCUT2D eigenvalue weighted by Crippen LogP contribution is 2.34. The number of benzene rings is 2. The fourth-order valence-corrected chi connectivity index (χ4v) is 5.04. The number of furan rings is 1. The first-order chi connectivity index (χ1) is 17.7. The van der Waals surface area contributed by atoms with Crippen molar-refractivity contribution in [1.29, 1.82) is 0 Å². The number of aryl methyl sites for hydroxylation is 3. The summed E-state index contributed by atoms with van der Waals surface area (Å²) in [6.45, 7) is 5.98. The van der Waals surface area contributed by atoms with Crippen molar-refractivity contribution in [3.05, 3.63) is 79.9 Å². The number of nitrogens with one attached hydrogen (secondary N) is 2. The number of amides is 2. The highest BCUT2D eigenvalue weighted by atomic mass is 35.5. The Morgan fingerprint density at radius 3 is 2.49 bits per heavy atom. The SMILES string of the molecule is Cc1coc2c1c(C)cc1oc(=O)c(CC(=O)NC[C@@H](CC(=O)NC3CC3)c3ccc(Cl)cc3)c(C)c12. The lowest BCUT2D eigenvalue weighted by Crippen LogP contribution is -2.34. The second kappa shape index (κ2) is 10.1. The topological polar surface area (TPSA) is 102 Å². The molecule has 2 N–H and O–H groups in total. The third kappa shape index (κ3) is 5.27. The van der Waals surface area contributed by atoms with Crippen molar-refractivity contribution >= 4 is 45.4 Å². The van der Waals surface area contributed by atoms with Gasteiger partial charge in [0.05, 0.1) is 23.6 Å². The first-order valence-electron chi connectivity index (χ1n) is 12.5. The molecule has 0 aliphatic heterocycles. The average Bonchev–Trinajstić information content (AvgIpc) is 3.58. The zero-order chi connectivity index (χ0) is 26.3. The van der Waals surface area contributed by atoms with E-state index in [0.29, 0.717) is 32.7 Å². The van der Waals surface area contributed by atoms with Crippen molar-refractivity contribution in [2.75, 3.05) is 6.54 Å². The lowest BCUT2D eigenvalue weighted by Gasteiger charge is -2.18. The number of halogens is 1. The number of hydrogen-bond acceptors (Lipinski definition) is 5. The van der Waals surface area contributed by atoms with E-state index in [2.05, 4.69) is 10.6 Å². The maximum atomic E-state index is 13.0. The molecule has 0 unspecified atom stereocenters. The van der Waals surface area contributed by atoms with Crippen LogP contribution in [0.15, 0.2) is 50.2 Å². The average molecular weight is 521 g/mol. The number of rotatable bonds is 8. The fourth-order valence-electron chi connectivity index (χ4n) is 4.92. The van der Waals surface area contributed by atoms with Crippen molar-refractivity contribution < 1.29 is 18.4 Å². The van der Waals surface area contributed by atoms with Gasteiger partial charge in [0.1, 0.15) is 11.2 Å². The van der Waals surface area contributed by atoms with Crippen molar-refractivity contribution in [1.82, 2.24) is 10.6 Å². The highest BCUT2D eigenvalue weighted by Gasteiger charge is 2.26. The van der Waals surface area contributed by atoms with Crippen molar-refractivity contribution in [3.63, 3.8) is 0 Å². The molecule has 37 heavy (non-hydrogen) atoms. The summed E-state index contributed by atoms with van der Waals surface area (Å²) in [4.78, 5) is 38.4. The van der Waals surface area contributed by atoms with E-state index >= 15 is 0 Å². The van der Waals surface area contributed by atoms with Crippen LogP contribution in [0.3, 0.4) is 0 Å². The molecule has 2 amide bonds. The molecule has 1 aliphatic carbocycles. The van der Waals surface area contributed by atoms with Gasteiger partial charge in [-0.15, -0.1) is 0 Å². The summed E-state index contributed by atoms with van der Waals surface area (Å²) in [5, 5.41) is 8.20. The third-order valence-corrected chi connectivity index (χ3v) is 7.32. The van der Waals surface area contributed by atoms with E-state index in [1.54, 1.807) is 18.4 Å². The monoisotopic (exact) mass is 520 g/mol. The van der Waals surface area contributed by atoms with Gasteiger partial charge in [-0.25, -0.2) is 4.79 Å². The van der Waals surface area contributed by atoms with E-state index in [9.17, 15) is 14.4 Å². The summed E-state index contributed by atoms with van der Waals surface area (Å²) in [5.74, 6) is -0.603. The van der Waals surface area contributed by atoms with Crippen LogP contribution < -0.4 is 16.3 Å². The number of carbonyl (C=O) groups excluding carboxylic acids is 2. The van der Waals surface area contributed by atoms with Crippen LogP contribution in [0.2, 0.25) is 5.02 Å². The fraction of sp³-hybridized carbons (Fsp3) is 0.345. The minimum atomic E-state index is -0.541. The van der Waals surface area contributed by atoms with Gasteiger partial charge >= 0.3 is 5.63 Å². The smallest absolute Gasteiger partial charge is 0.340 e. The van der Waals surface area contributed by atoms with E-state index in [1.165, 1.54) is 0 Å². The Hall–Kier alpha value is -3.58. The summed E-state index contributed by atoms with van der Waals surface area (Å²) in [6.07, 6.45) is 3.80. The summed E-state index contributed by atoms with van der Waals surface area (Å²) in [7, 11) is 0. The molecule has 2 aromatic heterocycles. The van der Waals surface area contributed by atoms with Crippen molar-refractivity contribution in [2.24, 2.45) is 0 Å². The van der Waals surface area contributed by atoms with Gasteiger partial charge in [0.2, 0.25) is 11.8 Å². The summed E-state index contributed by atoms with van der Waals surface area (Å²) in [6, 6.07) is 9.37. The molecule has 4 aromatic rings. The van der Waals surface area contributed by atoms with Crippen LogP contribution in [0.1, 0.15) is 53.0 Å².